The van der Waals surface area contributed by atoms with Gasteiger partial charge in [-0.2, -0.15) is 0 Å². The smallest absolute Gasteiger partial charge is 0.00506 e. The van der Waals surface area contributed by atoms with Crippen LogP contribution in [0.1, 0.15) is 13.8 Å². The Kier molecular flexibility index (Phi) is 28.0. The Morgan fingerprint density at radius 1 is 0.774 bits per heavy atom. The summed E-state index contributed by atoms with van der Waals surface area (Å²) in [7, 11) is -5.55. The molecule has 0 saturated heterocycles. The molecular weight excluding hydrogens is 579 g/mol. The van der Waals surface area contributed by atoms with Crippen molar-refractivity contribution in [3.63, 3.8) is 0 Å². The van der Waals surface area contributed by atoms with E-state index < -0.39 is 24.6 Å². The van der Waals surface area contributed by atoms with Crippen molar-refractivity contribution < 1.29 is 73.8 Å². The van der Waals surface area contributed by atoms with E-state index in [0.29, 0.717) is 0 Å². The molecule has 16 heteroatoms. The quantitative estimate of drug-likeness (QED) is 0.0990. The molecule has 0 aromatic rings. The van der Waals surface area contributed by atoms with E-state index in [9.17, 15) is 30.0 Å². The summed E-state index contributed by atoms with van der Waals surface area (Å²) in [6.45, 7) is 7.56. The maximum absolute atomic E-state index is 10.7. The number of allylic oxidation sites excluding steroid dienone is 4. The minimum Gasteiger partial charge on any atom is -0.0767 e. The van der Waals surface area contributed by atoms with Gasteiger partial charge in [-0.15, -0.1) is 0 Å². The molecule has 31 heavy (non-hydrogen) atoms. The molecule has 1 radical (unpaired) electrons. The van der Waals surface area contributed by atoms with Crippen LogP contribution in [-0.2, 0) is 48.6 Å². The molecule has 0 aromatic carbocycles. The van der Waals surface area contributed by atoms with Crippen molar-refractivity contribution >= 4 is 30.3 Å². The molecule has 0 saturated carbocycles. The molecule has 1 aliphatic rings. The SMILES string of the molecule is CC(C)=O.COP(CCP(OC)OC)OC.F[P-](F)(F)(F)(F)F.[C-]#[O+].[CH]1C=CC=C1.[Mo]. The Hall–Kier alpha value is 0.288. The van der Waals surface area contributed by atoms with Crippen LogP contribution in [0.15, 0.2) is 24.3 Å². The molecule has 1 aliphatic carbocycles. The topological polar surface area (TPSA) is 73.9 Å². The number of carbonyl (C=O) groups is 1. The van der Waals surface area contributed by atoms with Crippen molar-refractivity contribution in [2.24, 2.45) is 0 Å². The standard InChI is InChI=1S/C6H16O4P2.C5H5.C3H6O.CO.F6P.Mo/c1-7-11(8-2)5-6-12(9-3)10-4;1-2-4-5-3-1;1-3(2)4;1-2;1-7(2,3,4,5)6;/h5-6H2,1-4H3;1-5H;1-2H3;;;/q;;;;-1;. The van der Waals surface area contributed by atoms with Crippen LogP contribution >= 0.6 is 24.6 Å². The Balaban J connectivity index is -0.000000101. The summed E-state index contributed by atoms with van der Waals surface area (Å²) in [5, 5.41) is 0. The first-order valence-corrected chi connectivity index (χ1v) is 12.3. The van der Waals surface area contributed by atoms with Crippen LogP contribution in [0.4, 0.5) is 25.2 Å². The summed E-state index contributed by atoms with van der Waals surface area (Å²) in [5.41, 5.74) is 0. The maximum atomic E-state index is 9.87. The van der Waals surface area contributed by atoms with Crippen molar-refractivity contribution in [1.29, 1.82) is 0 Å². The van der Waals surface area contributed by atoms with Crippen molar-refractivity contribution in [3.05, 3.63) is 37.4 Å². The van der Waals surface area contributed by atoms with Gasteiger partial charge in [0, 0.05) is 68.2 Å². The van der Waals surface area contributed by atoms with Crippen LogP contribution in [0.25, 0.3) is 0 Å². The summed E-state index contributed by atoms with van der Waals surface area (Å²) < 4.78 is 87.0. The van der Waals surface area contributed by atoms with Gasteiger partial charge in [0.25, 0.3) is 0 Å². The summed E-state index contributed by atoms with van der Waals surface area (Å²) >= 11 is 0. The average Bonchev–Trinajstić information content (AvgIpc) is 3.17. The number of halogens is 6. The molecule has 6 nitrogen and oxygen atoms in total. The van der Waals surface area contributed by atoms with Crippen LogP contribution in [-0.4, -0.2) is 46.5 Å². The molecule has 0 aliphatic heterocycles. The number of rotatable bonds is 7. The number of hydrogen-bond acceptors (Lipinski definition) is 5. The molecule has 0 fully saturated rings. The number of hydrogen-bond donors (Lipinski definition) is 0. The van der Waals surface area contributed by atoms with E-state index in [1.165, 1.54) is 13.8 Å². The number of ketones is 1. The van der Waals surface area contributed by atoms with Gasteiger partial charge >= 0.3 is 44.3 Å². The van der Waals surface area contributed by atoms with Crippen LogP contribution in [0, 0.1) is 13.1 Å². The molecule has 0 unspecified atom stereocenters. The van der Waals surface area contributed by atoms with Gasteiger partial charge in [0.2, 0.25) is 0 Å². The monoisotopic (exact) mass is 608 g/mol. The molecule has 187 valence electrons. The summed E-state index contributed by atoms with van der Waals surface area (Å²) in [6, 6.07) is 0. The van der Waals surface area contributed by atoms with Crippen molar-refractivity contribution in [1.82, 2.24) is 0 Å². The normalized spacial score (nSPS) is 13.4. The Bertz CT molecular complexity index is 472. The van der Waals surface area contributed by atoms with Crippen LogP contribution in [0.3, 0.4) is 0 Å². The molecule has 0 aromatic heterocycles. The molecule has 0 bridgehead atoms. The van der Waals surface area contributed by atoms with Gasteiger partial charge in [-0.25, -0.2) is 0 Å². The molecule has 0 spiro atoms. The molecule has 0 amide bonds. The molecule has 0 atom stereocenters. The van der Waals surface area contributed by atoms with E-state index in [2.05, 4.69) is 6.65 Å². The molecule has 1 rings (SSSR count). The first kappa shape index (κ1) is 41.5. The summed E-state index contributed by atoms with van der Waals surface area (Å²) in [4.78, 5) is 9.44. The third kappa shape index (κ3) is 72.5. The van der Waals surface area contributed by atoms with Gasteiger partial charge in [-0.3, -0.25) is 0 Å². The van der Waals surface area contributed by atoms with Gasteiger partial charge in [0.15, 0.2) is 16.8 Å². The van der Waals surface area contributed by atoms with Crippen molar-refractivity contribution in [2.45, 2.75) is 13.8 Å². The molecular formula is C15H27F6MoO6P3-. The minimum atomic E-state index is -10.7. The van der Waals surface area contributed by atoms with E-state index in [4.69, 9.17) is 22.7 Å². The first-order chi connectivity index (χ1) is 13.5. The largest absolute Gasteiger partial charge is 0.0767 e. The molecule has 0 heterocycles. The molecule has 0 N–H and O–H groups in total. The zero-order valence-electron chi connectivity index (χ0n) is 17.8. The minimum absolute atomic E-state index is 0. The fourth-order valence-electron chi connectivity index (χ4n) is 0.998. The van der Waals surface area contributed by atoms with Crippen LogP contribution < -0.4 is 0 Å². The third-order valence-electron chi connectivity index (χ3n) is 1.84. The predicted octanol–water partition coefficient (Wildman–Crippen LogP) is 7.45. The summed E-state index contributed by atoms with van der Waals surface area (Å²) in [5.74, 6) is 0.167. The second-order valence-corrected chi connectivity index (χ2v) is 10.3. The first-order valence-electron chi connectivity index (χ1n) is 7.58. The average molecular weight is 606 g/mol. The predicted molar refractivity (Wildman–Crippen MR) is 108 cm³/mol. The van der Waals surface area contributed by atoms with E-state index in [1.54, 1.807) is 28.4 Å². The van der Waals surface area contributed by atoms with E-state index in [-0.39, 0.29) is 26.8 Å². The van der Waals surface area contributed by atoms with Crippen molar-refractivity contribution in [3.8, 4) is 0 Å². The summed E-state index contributed by atoms with van der Waals surface area (Å²) in [6.07, 6.45) is 11.7. The Labute approximate surface area is 196 Å². The maximum Gasteiger partial charge on any atom is 0.00506 e. The number of carbonyl (C=O) groups excluding carboxylic acids is 1. The van der Waals surface area contributed by atoms with Gasteiger partial charge < -0.3 is 22.9 Å². The van der Waals surface area contributed by atoms with Crippen LogP contribution in [0.2, 0.25) is 0 Å². The van der Waals surface area contributed by atoms with Crippen molar-refractivity contribution in [2.75, 3.05) is 40.8 Å². The second-order valence-electron chi connectivity index (χ2n) is 4.67. The second kappa shape index (κ2) is 20.9. The van der Waals surface area contributed by atoms with Gasteiger partial charge in [0.1, 0.15) is 5.78 Å². The van der Waals surface area contributed by atoms with E-state index in [1.807, 2.05) is 30.7 Å². The van der Waals surface area contributed by atoms with Crippen LogP contribution in [0.5, 0.6) is 0 Å². The Morgan fingerprint density at radius 3 is 1.06 bits per heavy atom. The zero-order valence-corrected chi connectivity index (χ0v) is 22.5. The van der Waals surface area contributed by atoms with E-state index in [0.717, 1.165) is 12.3 Å². The van der Waals surface area contributed by atoms with Gasteiger partial charge in [0.05, 0.1) is 0 Å². The fourth-order valence-corrected chi connectivity index (χ4v) is 3.33. The fraction of sp³-hybridized carbons (Fsp3) is 0.533. The number of Topliss-reactive ketones (excluding diaryl/α,β-unsaturated/α-hetero) is 1. The van der Waals surface area contributed by atoms with Gasteiger partial charge in [-0.05, 0) is 13.8 Å². The zero-order chi connectivity index (χ0) is 24.9. The van der Waals surface area contributed by atoms with Gasteiger partial charge in [-0.1, -0.05) is 24.3 Å². The third-order valence-corrected chi connectivity index (χ3v) is 4.99. The van der Waals surface area contributed by atoms with E-state index >= 15 is 0 Å². The Morgan fingerprint density at radius 2 is 0.968 bits per heavy atom.